The van der Waals surface area contributed by atoms with Gasteiger partial charge in [0.2, 0.25) is 11.8 Å². The molecule has 1 unspecified atom stereocenters. The van der Waals surface area contributed by atoms with Crippen molar-refractivity contribution in [2.75, 3.05) is 0 Å². The van der Waals surface area contributed by atoms with Gasteiger partial charge in [-0.25, -0.2) is 0 Å². The summed E-state index contributed by atoms with van der Waals surface area (Å²) in [6.45, 7) is 0. The lowest BCUT2D eigenvalue weighted by molar-refractivity contribution is -0.384. The quantitative estimate of drug-likeness (QED) is 0.480. The molecule has 122 valence electrons. The Kier molecular flexibility index (Phi) is 5.40. The first kappa shape index (κ1) is 16.9. The number of nitro benzene ring substituents is 1. The maximum Gasteiger partial charge on any atom is 0.270 e. The third-order valence-electron chi connectivity index (χ3n) is 3.21. The number of hydrogen-bond donors (Lipinski definition) is 2. The summed E-state index contributed by atoms with van der Waals surface area (Å²) in [4.78, 5) is 33.7. The minimum absolute atomic E-state index is 0.0724. The first-order chi connectivity index (χ1) is 11.5. The summed E-state index contributed by atoms with van der Waals surface area (Å²) < 4.78 is 0. The van der Waals surface area contributed by atoms with Gasteiger partial charge in [0.1, 0.15) is 6.04 Å². The number of nitrogens with one attached hydrogen (secondary N) is 1. The molecule has 0 aliphatic heterocycles. The molecular formula is C17H15N3O4. The van der Waals surface area contributed by atoms with Crippen LogP contribution in [0.15, 0.2) is 60.7 Å². The van der Waals surface area contributed by atoms with E-state index in [1.54, 1.807) is 36.4 Å². The van der Waals surface area contributed by atoms with Crippen LogP contribution < -0.4 is 11.1 Å². The van der Waals surface area contributed by atoms with Gasteiger partial charge in [-0.2, -0.15) is 0 Å². The predicted octanol–water partition coefficient (Wildman–Crippen LogP) is 1.95. The number of nitro groups is 1. The van der Waals surface area contributed by atoms with Crippen LogP contribution in [0.2, 0.25) is 0 Å². The zero-order chi connectivity index (χ0) is 17.5. The third kappa shape index (κ3) is 4.51. The fourth-order valence-corrected chi connectivity index (χ4v) is 2.07. The average Bonchev–Trinajstić information content (AvgIpc) is 2.58. The van der Waals surface area contributed by atoms with E-state index in [4.69, 9.17) is 5.73 Å². The Hall–Kier alpha value is -3.48. The summed E-state index contributed by atoms with van der Waals surface area (Å²) >= 11 is 0. The van der Waals surface area contributed by atoms with Crippen LogP contribution in [0.4, 0.5) is 5.69 Å². The van der Waals surface area contributed by atoms with Gasteiger partial charge in [0, 0.05) is 18.2 Å². The number of primary amides is 1. The number of benzene rings is 2. The normalized spacial score (nSPS) is 11.8. The Morgan fingerprint density at radius 3 is 2.46 bits per heavy atom. The molecule has 0 bridgehead atoms. The summed E-state index contributed by atoms with van der Waals surface area (Å²) in [5.74, 6) is -1.22. The molecule has 0 saturated heterocycles. The summed E-state index contributed by atoms with van der Waals surface area (Å²) in [6.07, 6.45) is 2.61. The average molecular weight is 325 g/mol. The van der Waals surface area contributed by atoms with Crippen molar-refractivity contribution < 1.29 is 14.5 Å². The van der Waals surface area contributed by atoms with Crippen molar-refractivity contribution in [1.29, 1.82) is 0 Å². The van der Waals surface area contributed by atoms with E-state index in [9.17, 15) is 19.7 Å². The van der Waals surface area contributed by atoms with E-state index in [1.165, 1.54) is 30.4 Å². The number of carbonyl (C=O) groups is 2. The number of non-ortho nitro benzene ring substituents is 1. The van der Waals surface area contributed by atoms with Crippen molar-refractivity contribution in [2.45, 2.75) is 6.04 Å². The summed E-state index contributed by atoms with van der Waals surface area (Å²) in [5.41, 5.74) is 6.32. The molecular weight excluding hydrogens is 310 g/mol. The van der Waals surface area contributed by atoms with Gasteiger partial charge in [-0.05, 0) is 17.2 Å². The minimum Gasteiger partial charge on any atom is -0.368 e. The predicted molar refractivity (Wildman–Crippen MR) is 88.7 cm³/mol. The monoisotopic (exact) mass is 325 g/mol. The number of nitrogens with two attached hydrogens (primary N) is 1. The van der Waals surface area contributed by atoms with E-state index in [0.29, 0.717) is 11.1 Å². The van der Waals surface area contributed by atoms with Crippen molar-refractivity contribution in [2.24, 2.45) is 5.73 Å². The number of hydrogen-bond acceptors (Lipinski definition) is 4. The zero-order valence-electron chi connectivity index (χ0n) is 12.6. The number of rotatable bonds is 6. The Labute approximate surface area is 137 Å². The van der Waals surface area contributed by atoms with Crippen molar-refractivity contribution in [3.05, 3.63) is 81.9 Å². The number of carbonyl (C=O) groups excluding carboxylic acids is 2. The molecule has 0 aliphatic carbocycles. The van der Waals surface area contributed by atoms with Crippen molar-refractivity contribution in [3.8, 4) is 0 Å². The molecule has 2 aromatic carbocycles. The van der Waals surface area contributed by atoms with Crippen LogP contribution in [-0.4, -0.2) is 16.7 Å². The zero-order valence-corrected chi connectivity index (χ0v) is 12.6. The lowest BCUT2D eigenvalue weighted by Gasteiger charge is -2.14. The van der Waals surface area contributed by atoms with Gasteiger partial charge >= 0.3 is 0 Å². The lowest BCUT2D eigenvalue weighted by Crippen LogP contribution is -2.36. The van der Waals surface area contributed by atoms with E-state index in [-0.39, 0.29) is 5.69 Å². The molecule has 0 spiro atoms. The molecule has 1 atom stereocenters. The molecule has 3 N–H and O–H groups in total. The largest absolute Gasteiger partial charge is 0.368 e. The first-order valence-corrected chi connectivity index (χ1v) is 7.04. The molecule has 2 rings (SSSR count). The van der Waals surface area contributed by atoms with Crippen molar-refractivity contribution in [3.63, 3.8) is 0 Å². The molecule has 0 fully saturated rings. The smallest absolute Gasteiger partial charge is 0.270 e. The molecule has 24 heavy (non-hydrogen) atoms. The highest BCUT2D eigenvalue weighted by Gasteiger charge is 2.18. The fourth-order valence-electron chi connectivity index (χ4n) is 2.07. The fraction of sp³-hybridized carbons (Fsp3) is 0.0588. The molecule has 7 heteroatoms. The van der Waals surface area contributed by atoms with E-state index < -0.39 is 22.8 Å². The van der Waals surface area contributed by atoms with Gasteiger partial charge in [-0.1, -0.05) is 42.5 Å². The SMILES string of the molecule is NC(=O)C(NC(=O)/C=C/c1cccc([N+](=O)[O-])c1)c1ccccc1. The van der Waals surface area contributed by atoms with Gasteiger partial charge in [0.15, 0.2) is 0 Å². The molecule has 0 heterocycles. The van der Waals surface area contributed by atoms with Gasteiger partial charge in [-0.15, -0.1) is 0 Å². The Morgan fingerprint density at radius 2 is 1.83 bits per heavy atom. The van der Waals surface area contributed by atoms with Crippen LogP contribution in [0.1, 0.15) is 17.2 Å². The Balaban J connectivity index is 2.10. The molecule has 0 saturated carbocycles. The van der Waals surface area contributed by atoms with E-state index in [2.05, 4.69) is 5.32 Å². The number of amides is 2. The molecule has 7 nitrogen and oxygen atoms in total. The summed E-state index contributed by atoms with van der Waals surface area (Å²) in [6, 6.07) is 13.5. The van der Waals surface area contributed by atoms with Crippen LogP contribution >= 0.6 is 0 Å². The van der Waals surface area contributed by atoms with Gasteiger partial charge in [0.05, 0.1) is 4.92 Å². The van der Waals surface area contributed by atoms with E-state index in [0.717, 1.165) is 0 Å². The standard InChI is InChI=1S/C17H15N3O4/c18-17(22)16(13-6-2-1-3-7-13)19-15(21)10-9-12-5-4-8-14(11-12)20(23)24/h1-11,16H,(H2,18,22)(H,19,21)/b10-9+. The second-order valence-corrected chi connectivity index (χ2v) is 4.94. The highest BCUT2D eigenvalue weighted by atomic mass is 16.6. The molecule has 0 radical (unpaired) electrons. The third-order valence-corrected chi connectivity index (χ3v) is 3.21. The van der Waals surface area contributed by atoms with Crippen molar-refractivity contribution in [1.82, 2.24) is 5.32 Å². The van der Waals surface area contributed by atoms with Gasteiger partial charge < -0.3 is 11.1 Å². The summed E-state index contributed by atoms with van der Waals surface area (Å²) in [5, 5.41) is 13.2. The van der Waals surface area contributed by atoms with E-state index in [1.807, 2.05) is 0 Å². The highest BCUT2D eigenvalue weighted by molar-refractivity contribution is 5.95. The topological polar surface area (TPSA) is 115 Å². The maximum absolute atomic E-state index is 12.0. The van der Waals surface area contributed by atoms with Crippen LogP contribution in [-0.2, 0) is 9.59 Å². The van der Waals surface area contributed by atoms with Gasteiger partial charge in [-0.3, -0.25) is 19.7 Å². The van der Waals surface area contributed by atoms with Crippen LogP contribution in [0.3, 0.4) is 0 Å². The second-order valence-electron chi connectivity index (χ2n) is 4.94. The van der Waals surface area contributed by atoms with Crippen LogP contribution in [0.25, 0.3) is 6.08 Å². The van der Waals surface area contributed by atoms with Crippen LogP contribution in [0, 0.1) is 10.1 Å². The Morgan fingerprint density at radius 1 is 1.12 bits per heavy atom. The molecule has 0 aromatic heterocycles. The number of nitrogens with zero attached hydrogens (tertiary/aromatic N) is 1. The van der Waals surface area contributed by atoms with Crippen LogP contribution in [0.5, 0.6) is 0 Å². The molecule has 2 aromatic rings. The second kappa shape index (κ2) is 7.68. The first-order valence-electron chi connectivity index (χ1n) is 7.04. The molecule has 2 amide bonds. The highest BCUT2D eigenvalue weighted by Crippen LogP contribution is 2.15. The van der Waals surface area contributed by atoms with E-state index >= 15 is 0 Å². The Bertz CT molecular complexity index is 787. The van der Waals surface area contributed by atoms with Gasteiger partial charge in [0.25, 0.3) is 5.69 Å². The maximum atomic E-state index is 12.0. The summed E-state index contributed by atoms with van der Waals surface area (Å²) in [7, 11) is 0. The minimum atomic E-state index is -0.951. The molecule has 0 aliphatic rings. The lowest BCUT2D eigenvalue weighted by atomic mass is 10.1. The van der Waals surface area contributed by atoms with Crippen molar-refractivity contribution >= 4 is 23.6 Å².